The fourth-order valence-electron chi connectivity index (χ4n) is 2.93. The molecule has 0 saturated heterocycles. The Hall–Kier alpha value is -3.90. The molecule has 0 N–H and O–H groups in total. The van der Waals surface area contributed by atoms with E-state index in [1.54, 1.807) is 30.5 Å². The van der Waals surface area contributed by atoms with Crippen molar-refractivity contribution in [1.29, 1.82) is 5.26 Å². The Morgan fingerprint density at radius 2 is 2.00 bits per heavy atom. The summed E-state index contributed by atoms with van der Waals surface area (Å²) >= 11 is 0.989. The molecule has 2 heterocycles. The standard InChI is InChI=1S/C23H18FN3O4S/c1-31-20(28)6-4-12-27-22(30)19(13-17-5-2-3-11-26-17)32-23(27)18(14-25)21(29)15-7-9-16(24)10-8-15/h2-3,5,7-11,13H,4,6,12H2,1H3. The summed E-state index contributed by atoms with van der Waals surface area (Å²) in [5, 5.41) is 9.74. The van der Waals surface area contributed by atoms with E-state index in [9.17, 15) is 24.0 Å². The van der Waals surface area contributed by atoms with Gasteiger partial charge in [0.2, 0.25) is 5.78 Å². The molecular weight excluding hydrogens is 433 g/mol. The molecule has 0 fully saturated rings. The highest BCUT2D eigenvalue weighted by molar-refractivity contribution is 7.07. The summed E-state index contributed by atoms with van der Waals surface area (Å²) in [5.41, 5.74) is 0.0280. The number of benzene rings is 1. The van der Waals surface area contributed by atoms with Gasteiger partial charge in [-0.3, -0.25) is 23.9 Å². The maximum absolute atomic E-state index is 13.2. The summed E-state index contributed by atoms with van der Waals surface area (Å²) in [6.45, 7) is 0.109. The van der Waals surface area contributed by atoms with Crippen LogP contribution < -0.4 is 14.8 Å². The molecule has 162 valence electrons. The highest BCUT2D eigenvalue weighted by Crippen LogP contribution is 2.10. The van der Waals surface area contributed by atoms with E-state index in [0.717, 1.165) is 23.5 Å². The van der Waals surface area contributed by atoms with Crippen LogP contribution in [0.5, 0.6) is 0 Å². The molecule has 0 aliphatic heterocycles. The van der Waals surface area contributed by atoms with Crippen LogP contribution in [0.2, 0.25) is 0 Å². The zero-order valence-corrected chi connectivity index (χ0v) is 17.9. The van der Waals surface area contributed by atoms with Crippen LogP contribution in [0.25, 0.3) is 11.6 Å². The van der Waals surface area contributed by atoms with Gasteiger partial charge in [-0.2, -0.15) is 5.26 Å². The molecule has 32 heavy (non-hydrogen) atoms. The second-order valence-electron chi connectivity index (χ2n) is 6.63. The van der Waals surface area contributed by atoms with Crippen LogP contribution in [0.15, 0.2) is 53.5 Å². The van der Waals surface area contributed by atoms with Gasteiger partial charge in [-0.25, -0.2) is 4.39 Å². The Morgan fingerprint density at radius 3 is 2.62 bits per heavy atom. The lowest BCUT2D eigenvalue weighted by Crippen LogP contribution is -2.33. The van der Waals surface area contributed by atoms with Crippen LogP contribution in [0.1, 0.15) is 28.9 Å². The number of carbonyl (C=O) groups excluding carboxylic acids is 2. The Labute approximate surface area is 186 Å². The zero-order chi connectivity index (χ0) is 23.1. The Morgan fingerprint density at radius 1 is 1.25 bits per heavy atom. The number of hydrogen-bond donors (Lipinski definition) is 0. The topological polar surface area (TPSA) is 102 Å². The van der Waals surface area contributed by atoms with Crippen molar-refractivity contribution in [3.63, 3.8) is 0 Å². The number of aromatic nitrogens is 2. The van der Waals surface area contributed by atoms with Gasteiger partial charge in [-0.15, -0.1) is 11.3 Å². The molecule has 0 radical (unpaired) electrons. The van der Waals surface area contributed by atoms with Crippen molar-refractivity contribution in [2.24, 2.45) is 0 Å². The quantitative estimate of drug-likeness (QED) is 0.401. The monoisotopic (exact) mass is 451 g/mol. The highest BCUT2D eigenvalue weighted by Gasteiger charge is 2.18. The van der Waals surface area contributed by atoms with Gasteiger partial charge in [0.15, 0.2) is 0 Å². The second-order valence-corrected chi connectivity index (χ2v) is 7.66. The molecule has 0 aliphatic carbocycles. The maximum Gasteiger partial charge on any atom is 0.305 e. The summed E-state index contributed by atoms with van der Waals surface area (Å²) in [4.78, 5) is 41.7. The van der Waals surface area contributed by atoms with E-state index in [2.05, 4.69) is 9.72 Å². The van der Waals surface area contributed by atoms with Crippen LogP contribution in [0.3, 0.4) is 0 Å². The van der Waals surface area contributed by atoms with Crippen LogP contribution in [0, 0.1) is 17.1 Å². The molecule has 0 bridgehead atoms. The summed E-state index contributed by atoms with van der Waals surface area (Å²) < 4.78 is 19.6. The van der Waals surface area contributed by atoms with Crippen molar-refractivity contribution in [1.82, 2.24) is 9.55 Å². The summed E-state index contributed by atoms with van der Waals surface area (Å²) in [7, 11) is 1.27. The molecule has 3 aromatic rings. The van der Waals surface area contributed by atoms with Crippen molar-refractivity contribution in [3.05, 3.63) is 85.3 Å². The minimum atomic E-state index is -0.625. The van der Waals surface area contributed by atoms with Gasteiger partial charge in [-0.1, -0.05) is 6.07 Å². The SMILES string of the molecule is COC(=O)CCCn1c(=C(C#N)C(=O)c2ccc(F)cc2)sc(=Cc2ccccn2)c1=O. The predicted molar refractivity (Wildman–Crippen MR) is 117 cm³/mol. The molecule has 0 amide bonds. The van der Waals surface area contributed by atoms with E-state index in [4.69, 9.17) is 0 Å². The fraction of sp³-hybridized carbons (Fsp3) is 0.174. The first-order chi connectivity index (χ1) is 15.4. The molecule has 2 aromatic heterocycles. The third kappa shape index (κ3) is 5.22. The van der Waals surface area contributed by atoms with Gasteiger partial charge in [0, 0.05) is 24.7 Å². The number of hydrogen-bond acceptors (Lipinski definition) is 7. The molecule has 0 saturated carbocycles. The smallest absolute Gasteiger partial charge is 0.305 e. The first-order valence-corrected chi connectivity index (χ1v) is 10.4. The number of nitriles is 1. The molecule has 0 atom stereocenters. The average Bonchev–Trinajstić information content (AvgIpc) is 3.10. The number of nitrogens with zero attached hydrogens (tertiary/aromatic N) is 3. The fourth-order valence-corrected chi connectivity index (χ4v) is 4.04. The number of methoxy groups -OCH3 is 1. The highest BCUT2D eigenvalue weighted by atomic mass is 32.1. The van der Waals surface area contributed by atoms with Crippen molar-refractivity contribution in [2.75, 3.05) is 7.11 Å². The number of rotatable bonds is 7. The van der Waals surface area contributed by atoms with E-state index in [1.165, 1.54) is 23.8 Å². The van der Waals surface area contributed by atoms with Crippen LogP contribution in [-0.4, -0.2) is 28.4 Å². The summed E-state index contributed by atoms with van der Waals surface area (Å²) in [6, 6.07) is 11.9. The van der Waals surface area contributed by atoms with E-state index in [0.29, 0.717) is 5.69 Å². The van der Waals surface area contributed by atoms with Crippen LogP contribution in [-0.2, 0) is 16.1 Å². The lowest BCUT2D eigenvalue weighted by atomic mass is 10.1. The summed E-state index contributed by atoms with van der Waals surface area (Å²) in [5.74, 6) is -1.56. The largest absolute Gasteiger partial charge is 0.469 e. The third-order valence-corrected chi connectivity index (χ3v) is 5.65. The van der Waals surface area contributed by atoms with Crippen LogP contribution >= 0.6 is 11.3 Å². The molecule has 7 nitrogen and oxygen atoms in total. The molecule has 9 heteroatoms. The molecule has 0 aliphatic rings. The molecular formula is C23H18FN3O4S. The molecule has 3 rings (SSSR count). The normalized spacial score (nSPS) is 12.2. The lowest BCUT2D eigenvalue weighted by molar-refractivity contribution is -0.140. The van der Waals surface area contributed by atoms with Gasteiger partial charge in [0.1, 0.15) is 22.1 Å². The van der Waals surface area contributed by atoms with Crippen molar-refractivity contribution in [3.8, 4) is 6.07 Å². The van der Waals surface area contributed by atoms with Crippen molar-refractivity contribution < 1.29 is 18.7 Å². The zero-order valence-electron chi connectivity index (χ0n) is 17.1. The van der Waals surface area contributed by atoms with E-state index >= 15 is 0 Å². The number of thiazole rings is 1. The van der Waals surface area contributed by atoms with Crippen LogP contribution in [0.4, 0.5) is 4.39 Å². The maximum atomic E-state index is 13.2. The average molecular weight is 451 g/mol. The van der Waals surface area contributed by atoms with Gasteiger partial charge in [0.05, 0.1) is 17.3 Å². The first kappa shape index (κ1) is 22.8. The summed E-state index contributed by atoms with van der Waals surface area (Å²) in [6.07, 6.45) is 3.51. The van der Waals surface area contributed by atoms with Gasteiger partial charge < -0.3 is 4.74 Å². The van der Waals surface area contributed by atoms with Crippen molar-refractivity contribution in [2.45, 2.75) is 19.4 Å². The number of carbonyl (C=O) groups is 2. The number of ketones is 1. The minimum absolute atomic E-state index is 0.0747. The number of halogens is 1. The first-order valence-electron chi connectivity index (χ1n) is 9.58. The number of pyridine rings is 1. The number of ether oxygens (including phenoxy) is 1. The van der Waals surface area contributed by atoms with E-state index in [-0.39, 0.29) is 39.7 Å². The Kier molecular flexibility index (Phi) is 7.41. The van der Waals surface area contributed by atoms with Gasteiger partial charge >= 0.3 is 5.97 Å². The van der Waals surface area contributed by atoms with E-state index < -0.39 is 23.1 Å². The van der Waals surface area contributed by atoms with Gasteiger partial charge in [0.25, 0.3) is 5.56 Å². The molecule has 0 unspecified atom stereocenters. The number of esters is 1. The predicted octanol–water partition coefficient (Wildman–Crippen LogP) is 1.78. The van der Waals surface area contributed by atoms with Gasteiger partial charge in [-0.05, 0) is 48.9 Å². The molecule has 1 aromatic carbocycles. The van der Waals surface area contributed by atoms with Crippen molar-refractivity contribution >= 4 is 34.7 Å². The molecule has 0 spiro atoms. The number of Topliss-reactive ketones (excluding diaryl/α,β-unsaturated/α-hetero) is 1. The van der Waals surface area contributed by atoms with E-state index in [1.807, 2.05) is 6.07 Å². The third-order valence-electron chi connectivity index (χ3n) is 4.52. The minimum Gasteiger partial charge on any atom is -0.469 e. The second kappa shape index (κ2) is 10.4. The Bertz CT molecular complexity index is 1350. The Balaban J connectivity index is 2.17. The lowest BCUT2D eigenvalue weighted by Gasteiger charge is -2.04.